The first-order chi connectivity index (χ1) is 14.0. The summed E-state index contributed by atoms with van der Waals surface area (Å²) in [5, 5.41) is 11.3. The lowest BCUT2D eigenvalue weighted by atomic mass is 9.81. The molecule has 0 saturated carbocycles. The first-order valence-electron chi connectivity index (χ1n) is 10.4. The Hall–Kier alpha value is -2.73. The first kappa shape index (κ1) is 18.3. The predicted octanol–water partition coefficient (Wildman–Crippen LogP) is 3.17. The van der Waals surface area contributed by atoms with Gasteiger partial charge in [-0.2, -0.15) is 0 Å². The van der Waals surface area contributed by atoms with Crippen LogP contribution in [-0.2, 0) is 16.9 Å². The Bertz CT molecular complexity index is 1030. The minimum Gasteiger partial charge on any atom is -0.385 e. The Morgan fingerprint density at radius 1 is 1.14 bits per heavy atom. The van der Waals surface area contributed by atoms with Crippen LogP contribution >= 0.6 is 0 Å². The molecule has 2 aliphatic heterocycles. The molecule has 1 aromatic carbocycles. The van der Waals surface area contributed by atoms with Gasteiger partial charge in [-0.25, -0.2) is 4.98 Å². The zero-order chi connectivity index (χ0) is 20.0. The fourth-order valence-electron chi connectivity index (χ4n) is 5.34. The number of aryl methyl sites for hydroxylation is 2. The zero-order valence-electron chi connectivity index (χ0n) is 16.7. The van der Waals surface area contributed by atoms with Crippen LogP contribution in [0, 0.1) is 6.92 Å². The van der Waals surface area contributed by atoms with Gasteiger partial charge in [-0.15, -0.1) is 0 Å². The van der Waals surface area contributed by atoms with Gasteiger partial charge in [0.05, 0.1) is 16.6 Å². The molecule has 4 heterocycles. The van der Waals surface area contributed by atoms with E-state index in [-0.39, 0.29) is 18.0 Å². The van der Waals surface area contributed by atoms with Crippen molar-refractivity contribution in [2.45, 2.75) is 63.3 Å². The van der Waals surface area contributed by atoms with Gasteiger partial charge in [-0.3, -0.25) is 9.78 Å². The maximum atomic E-state index is 13.1. The van der Waals surface area contributed by atoms with E-state index < -0.39 is 5.60 Å². The SMILES string of the molecule is Cc1nc2ccccc2n1CCC(=O)N1[C@@H]2CC[C@H]1CC(O)(c1ccncc1)C2. The van der Waals surface area contributed by atoms with Crippen molar-refractivity contribution < 1.29 is 9.90 Å². The summed E-state index contributed by atoms with van der Waals surface area (Å²) in [5.74, 6) is 1.12. The fraction of sp³-hybridized carbons (Fsp3) is 0.435. The number of imidazole rings is 1. The quantitative estimate of drug-likeness (QED) is 0.743. The highest BCUT2D eigenvalue weighted by molar-refractivity contribution is 5.79. The number of benzene rings is 1. The number of aliphatic hydroxyl groups is 1. The number of para-hydroxylation sites is 2. The van der Waals surface area contributed by atoms with Crippen LogP contribution in [0.15, 0.2) is 48.8 Å². The van der Waals surface area contributed by atoms with Crippen LogP contribution in [0.1, 0.15) is 43.5 Å². The highest BCUT2D eigenvalue weighted by Crippen LogP contribution is 2.45. The molecular weight excluding hydrogens is 364 g/mol. The van der Waals surface area contributed by atoms with E-state index in [0.29, 0.717) is 25.8 Å². The summed E-state index contributed by atoms with van der Waals surface area (Å²) in [6.45, 7) is 2.62. The second-order valence-electron chi connectivity index (χ2n) is 8.41. The number of hydrogen-bond acceptors (Lipinski definition) is 4. The van der Waals surface area contributed by atoms with Gasteiger partial charge in [0.25, 0.3) is 0 Å². The number of carbonyl (C=O) groups is 1. The Morgan fingerprint density at radius 3 is 2.55 bits per heavy atom. The van der Waals surface area contributed by atoms with Gasteiger partial charge in [-0.1, -0.05) is 12.1 Å². The van der Waals surface area contributed by atoms with Gasteiger partial charge >= 0.3 is 0 Å². The van der Waals surface area contributed by atoms with E-state index in [2.05, 4.69) is 25.5 Å². The summed E-state index contributed by atoms with van der Waals surface area (Å²) in [5.41, 5.74) is 2.10. The second-order valence-corrected chi connectivity index (χ2v) is 8.41. The number of carbonyl (C=O) groups excluding carboxylic acids is 1. The molecule has 0 spiro atoms. The molecule has 3 aromatic rings. The molecule has 2 fully saturated rings. The van der Waals surface area contributed by atoms with E-state index in [9.17, 15) is 9.90 Å². The van der Waals surface area contributed by atoms with E-state index in [0.717, 1.165) is 35.3 Å². The van der Waals surface area contributed by atoms with Gasteiger partial charge in [-0.05, 0) is 49.6 Å². The third-order valence-corrected chi connectivity index (χ3v) is 6.67. The monoisotopic (exact) mass is 390 g/mol. The van der Waals surface area contributed by atoms with Crippen molar-refractivity contribution in [3.63, 3.8) is 0 Å². The molecule has 5 rings (SSSR count). The number of fused-ring (bicyclic) bond motifs is 3. The molecule has 150 valence electrons. The van der Waals surface area contributed by atoms with E-state index in [4.69, 9.17) is 0 Å². The average molecular weight is 390 g/mol. The second kappa shape index (κ2) is 6.95. The van der Waals surface area contributed by atoms with Crippen LogP contribution in [0.4, 0.5) is 0 Å². The number of rotatable bonds is 4. The van der Waals surface area contributed by atoms with E-state index >= 15 is 0 Å². The molecule has 1 amide bonds. The third kappa shape index (κ3) is 3.12. The minimum absolute atomic E-state index is 0.111. The highest BCUT2D eigenvalue weighted by Gasteiger charge is 2.49. The lowest BCUT2D eigenvalue weighted by molar-refractivity contribution is -0.142. The Balaban J connectivity index is 1.31. The minimum atomic E-state index is -0.858. The van der Waals surface area contributed by atoms with Crippen molar-refractivity contribution in [3.05, 3.63) is 60.2 Å². The first-order valence-corrected chi connectivity index (χ1v) is 10.4. The number of pyridine rings is 1. The molecule has 0 aliphatic carbocycles. The molecule has 29 heavy (non-hydrogen) atoms. The molecule has 2 aromatic heterocycles. The lowest BCUT2D eigenvalue weighted by Gasteiger charge is -2.44. The molecule has 1 unspecified atom stereocenters. The van der Waals surface area contributed by atoms with Gasteiger partial charge in [0.15, 0.2) is 0 Å². The molecule has 1 N–H and O–H groups in total. The number of amides is 1. The zero-order valence-corrected chi connectivity index (χ0v) is 16.7. The third-order valence-electron chi connectivity index (χ3n) is 6.67. The summed E-state index contributed by atoms with van der Waals surface area (Å²) in [7, 11) is 0. The Morgan fingerprint density at radius 2 is 1.83 bits per heavy atom. The van der Waals surface area contributed by atoms with Crippen molar-refractivity contribution in [3.8, 4) is 0 Å². The van der Waals surface area contributed by atoms with E-state index in [1.54, 1.807) is 12.4 Å². The number of piperidine rings is 1. The molecule has 6 heteroatoms. The van der Waals surface area contributed by atoms with Crippen molar-refractivity contribution in [2.75, 3.05) is 0 Å². The van der Waals surface area contributed by atoms with Crippen molar-refractivity contribution in [1.82, 2.24) is 19.4 Å². The summed E-state index contributed by atoms with van der Waals surface area (Å²) in [6.07, 6.45) is 7.06. The van der Waals surface area contributed by atoms with Crippen LogP contribution in [0.3, 0.4) is 0 Å². The summed E-state index contributed by atoms with van der Waals surface area (Å²) >= 11 is 0. The fourth-order valence-corrected chi connectivity index (χ4v) is 5.34. The van der Waals surface area contributed by atoms with Crippen LogP contribution in [0.25, 0.3) is 11.0 Å². The summed E-state index contributed by atoms with van der Waals surface area (Å²) in [4.78, 5) is 23.9. The molecule has 2 aliphatic rings. The Labute approximate surface area is 170 Å². The van der Waals surface area contributed by atoms with Crippen molar-refractivity contribution in [1.29, 1.82) is 0 Å². The van der Waals surface area contributed by atoms with Gasteiger partial charge in [0.2, 0.25) is 5.91 Å². The standard InChI is InChI=1S/C23H26N4O2/c1-16-25-20-4-2-3-5-21(20)26(16)13-10-22(28)27-18-6-7-19(27)15-23(29,14-18)17-8-11-24-12-9-17/h2-5,8-9,11-12,18-19,29H,6-7,10,13-15H2,1H3/t18-,19+,23?. The molecule has 2 saturated heterocycles. The normalized spacial score (nSPS) is 26.2. The van der Waals surface area contributed by atoms with Crippen molar-refractivity contribution in [2.24, 2.45) is 0 Å². The summed E-state index contributed by atoms with van der Waals surface area (Å²) < 4.78 is 2.13. The topological polar surface area (TPSA) is 71.2 Å². The van der Waals surface area contributed by atoms with Crippen LogP contribution in [0.2, 0.25) is 0 Å². The van der Waals surface area contributed by atoms with Gasteiger partial charge in [0, 0.05) is 50.3 Å². The van der Waals surface area contributed by atoms with Crippen molar-refractivity contribution >= 4 is 16.9 Å². The van der Waals surface area contributed by atoms with Gasteiger partial charge in [0.1, 0.15) is 5.82 Å². The van der Waals surface area contributed by atoms with Crippen LogP contribution in [0.5, 0.6) is 0 Å². The number of hydrogen-bond donors (Lipinski definition) is 1. The smallest absolute Gasteiger partial charge is 0.224 e. The molecule has 6 nitrogen and oxygen atoms in total. The highest BCUT2D eigenvalue weighted by atomic mass is 16.3. The average Bonchev–Trinajstić information content (AvgIpc) is 3.20. The predicted molar refractivity (Wildman–Crippen MR) is 110 cm³/mol. The van der Waals surface area contributed by atoms with E-state index in [1.165, 1.54) is 0 Å². The lowest BCUT2D eigenvalue weighted by Crippen LogP contribution is -2.52. The Kier molecular flexibility index (Phi) is 4.39. The number of aromatic nitrogens is 3. The molecule has 0 radical (unpaired) electrons. The maximum Gasteiger partial charge on any atom is 0.224 e. The van der Waals surface area contributed by atoms with Gasteiger partial charge < -0.3 is 14.6 Å². The summed E-state index contributed by atoms with van der Waals surface area (Å²) in [6, 6.07) is 12.1. The molecular formula is C23H26N4O2. The largest absolute Gasteiger partial charge is 0.385 e. The van der Waals surface area contributed by atoms with Crippen LogP contribution in [-0.4, -0.2) is 42.5 Å². The number of nitrogens with zero attached hydrogens (tertiary/aromatic N) is 4. The van der Waals surface area contributed by atoms with Crippen LogP contribution < -0.4 is 0 Å². The molecule has 2 bridgehead atoms. The molecule has 3 atom stereocenters. The maximum absolute atomic E-state index is 13.1. The van der Waals surface area contributed by atoms with E-state index in [1.807, 2.05) is 37.3 Å².